The van der Waals surface area contributed by atoms with Crippen molar-refractivity contribution in [2.24, 2.45) is 5.92 Å². The fourth-order valence-electron chi connectivity index (χ4n) is 3.79. The number of anilines is 4. The average Bonchev–Trinajstić information content (AvgIpc) is 3.47. The lowest BCUT2D eigenvalue weighted by atomic mass is 10.1. The summed E-state index contributed by atoms with van der Waals surface area (Å²) in [6.45, 7) is 1.93. The lowest BCUT2D eigenvalue weighted by Gasteiger charge is -2.19. The van der Waals surface area contributed by atoms with Crippen molar-refractivity contribution >= 4 is 40.8 Å². The number of nitrogens with one attached hydrogen (secondary N) is 3. The minimum atomic E-state index is 0.117. The number of carbonyl (C=O) groups excluding carboxylic acids is 1. The summed E-state index contributed by atoms with van der Waals surface area (Å²) in [4.78, 5) is 24.6. The third kappa shape index (κ3) is 5.57. The molecule has 0 bridgehead atoms. The molecule has 2 aromatic heterocycles. The molecule has 4 rings (SSSR count). The summed E-state index contributed by atoms with van der Waals surface area (Å²) in [5, 5.41) is 14.0. The zero-order chi connectivity index (χ0) is 23.4. The van der Waals surface area contributed by atoms with Crippen LogP contribution < -0.4 is 20.3 Å². The molecule has 1 aromatic carbocycles. The predicted octanol–water partition coefficient (Wildman–Crippen LogP) is 4.61. The topological polar surface area (TPSA) is 108 Å². The summed E-state index contributed by atoms with van der Waals surface area (Å²) in [5.74, 6) is 2.63. The Morgan fingerprint density at radius 1 is 1.18 bits per heavy atom. The molecule has 174 valence electrons. The highest BCUT2D eigenvalue weighted by molar-refractivity contribution is 7.99. The second-order valence-electron chi connectivity index (χ2n) is 8.26. The molecule has 33 heavy (non-hydrogen) atoms. The minimum Gasteiger partial charge on any atom is -0.490 e. The Labute approximate surface area is 197 Å². The predicted molar refractivity (Wildman–Crippen MR) is 131 cm³/mol. The average molecular weight is 468 g/mol. The van der Waals surface area contributed by atoms with Crippen LogP contribution in [0.25, 0.3) is 0 Å². The molecule has 2 heterocycles. The van der Waals surface area contributed by atoms with Gasteiger partial charge >= 0.3 is 0 Å². The van der Waals surface area contributed by atoms with Gasteiger partial charge in [-0.1, -0.05) is 12.8 Å². The van der Waals surface area contributed by atoms with Crippen molar-refractivity contribution in [3.8, 4) is 5.75 Å². The van der Waals surface area contributed by atoms with Crippen LogP contribution in [0.5, 0.6) is 5.75 Å². The van der Waals surface area contributed by atoms with E-state index in [9.17, 15) is 4.79 Å². The number of aryl methyl sites for hydroxylation is 1. The fraction of sp³-hybridized carbons (Fsp3) is 0.391. The molecule has 1 amide bonds. The van der Waals surface area contributed by atoms with E-state index in [0.29, 0.717) is 28.4 Å². The first kappa shape index (κ1) is 22.9. The van der Waals surface area contributed by atoms with Gasteiger partial charge in [-0.25, -0.2) is 9.97 Å². The van der Waals surface area contributed by atoms with E-state index in [1.165, 1.54) is 11.8 Å². The number of amides is 1. The van der Waals surface area contributed by atoms with Gasteiger partial charge in [0.25, 0.3) is 0 Å². The first-order valence-corrected chi connectivity index (χ1v) is 11.8. The van der Waals surface area contributed by atoms with Gasteiger partial charge in [0.2, 0.25) is 11.7 Å². The Bertz CT molecular complexity index is 1110. The van der Waals surface area contributed by atoms with Crippen molar-refractivity contribution in [2.75, 3.05) is 36.7 Å². The smallest absolute Gasteiger partial charge is 0.227 e. The maximum Gasteiger partial charge on any atom is 0.227 e. The van der Waals surface area contributed by atoms with E-state index in [1.807, 2.05) is 56.3 Å². The maximum atomic E-state index is 12.4. The van der Waals surface area contributed by atoms with Gasteiger partial charge in [0.15, 0.2) is 22.6 Å². The Morgan fingerprint density at radius 3 is 2.52 bits per heavy atom. The van der Waals surface area contributed by atoms with Crippen molar-refractivity contribution in [1.82, 2.24) is 20.2 Å². The number of H-pyrrole nitrogens is 1. The van der Waals surface area contributed by atoms with Crippen LogP contribution in [-0.4, -0.2) is 47.3 Å². The molecule has 3 aromatic rings. The number of methoxy groups -OCH3 is 1. The molecule has 1 saturated carbocycles. The van der Waals surface area contributed by atoms with Crippen molar-refractivity contribution in [1.29, 1.82) is 0 Å². The van der Waals surface area contributed by atoms with E-state index in [-0.39, 0.29) is 11.8 Å². The highest BCUT2D eigenvalue weighted by Gasteiger charge is 2.23. The lowest BCUT2D eigenvalue weighted by Crippen LogP contribution is -2.20. The Balaban J connectivity index is 1.53. The first-order valence-electron chi connectivity index (χ1n) is 10.9. The number of ether oxygens (including phenoxy) is 1. The van der Waals surface area contributed by atoms with E-state index in [1.54, 1.807) is 7.11 Å². The van der Waals surface area contributed by atoms with Crippen molar-refractivity contribution in [2.45, 2.75) is 42.7 Å². The molecule has 0 aliphatic heterocycles. The number of hydrogen-bond acceptors (Lipinski definition) is 8. The standard InChI is InChI=1S/C23H29N7O2S/c1-14-13-18(29-28-14)25-20-19(32-4)21(30(2)3)27-23(26-20)33-17-11-9-16(10-12-17)24-22(31)15-7-5-6-8-15/h9-13,15H,5-8H2,1-4H3,(H,24,31)(H2,25,26,27,28,29). The molecule has 9 nitrogen and oxygen atoms in total. The number of rotatable bonds is 8. The number of hydrogen-bond donors (Lipinski definition) is 3. The normalized spacial score (nSPS) is 13.7. The van der Waals surface area contributed by atoms with Crippen LogP contribution in [0.4, 0.5) is 23.1 Å². The molecule has 0 saturated heterocycles. The van der Waals surface area contributed by atoms with E-state index >= 15 is 0 Å². The van der Waals surface area contributed by atoms with Crippen LogP contribution in [0, 0.1) is 12.8 Å². The molecule has 0 radical (unpaired) electrons. The van der Waals surface area contributed by atoms with Crippen LogP contribution in [0.1, 0.15) is 31.4 Å². The van der Waals surface area contributed by atoms with Gasteiger partial charge in [-0.15, -0.1) is 0 Å². The maximum absolute atomic E-state index is 12.4. The number of nitrogens with zero attached hydrogens (tertiary/aromatic N) is 4. The summed E-state index contributed by atoms with van der Waals surface area (Å²) < 4.78 is 5.60. The van der Waals surface area contributed by atoms with E-state index in [0.717, 1.165) is 42.0 Å². The molecule has 10 heteroatoms. The monoisotopic (exact) mass is 467 g/mol. The van der Waals surface area contributed by atoms with E-state index < -0.39 is 0 Å². The fourth-order valence-corrected chi connectivity index (χ4v) is 4.54. The number of aromatic nitrogens is 4. The molecular weight excluding hydrogens is 438 g/mol. The van der Waals surface area contributed by atoms with Crippen molar-refractivity contribution in [3.05, 3.63) is 36.0 Å². The number of aromatic amines is 1. The summed E-state index contributed by atoms with van der Waals surface area (Å²) in [5.41, 5.74) is 1.74. The second-order valence-corrected chi connectivity index (χ2v) is 9.31. The summed E-state index contributed by atoms with van der Waals surface area (Å²) in [6, 6.07) is 9.64. The molecule has 1 fully saturated rings. The quantitative estimate of drug-likeness (QED) is 0.412. The van der Waals surface area contributed by atoms with Crippen LogP contribution in [0.3, 0.4) is 0 Å². The highest BCUT2D eigenvalue weighted by atomic mass is 32.2. The molecule has 0 unspecified atom stereocenters. The zero-order valence-electron chi connectivity index (χ0n) is 19.3. The van der Waals surface area contributed by atoms with Crippen LogP contribution >= 0.6 is 11.8 Å². The summed E-state index contributed by atoms with van der Waals surface area (Å²) >= 11 is 1.44. The molecular formula is C23H29N7O2S. The van der Waals surface area contributed by atoms with Crippen LogP contribution in [0.2, 0.25) is 0 Å². The Morgan fingerprint density at radius 2 is 1.91 bits per heavy atom. The van der Waals surface area contributed by atoms with Crippen LogP contribution in [0.15, 0.2) is 40.4 Å². The second kappa shape index (κ2) is 10.1. The number of benzene rings is 1. The van der Waals surface area contributed by atoms with Gasteiger partial charge in [-0.3, -0.25) is 9.89 Å². The van der Waals surface area contributed by atoms with Gasteiger partial charge in [0, 0.05) is 42.4 Å². The SMILES string of the molecule is COc1c(Nc2cc(C)[nH]n2)nc(Sc2ccc(NC(=O)C3CCCC3)cc2)nc1N(C)C. The molecule has 0 spiro atoms. The molecule has 1 aliphatic carbocycles. The van der Waals surface area contributed by atoms with Crippen molar-refractivity contribution < 1.29 is 9.53 Å². The third-order valence-corrected chi connectivity index (χ3v) is 6.34. The van der Waals surface area contributed by atoms with Crippen molar-refractivity contribution in [3.63, 3.8) is 0 Å². The van der Waals surface area contributed by atoms with Gasteiger partial charge in [-0.2, -0.15) is 5.10 Å². The van der Waals surface area contributed by atoms with Gasteiger partial charge < -0.3 is 20.3 Å². The molecule has 1 aliphatic rings. The van der Waals surface area contributed by atoms with Gasteiger partial charge in [0.1, 0.15) is 0 Å². The molecule has 0 atom stereocenters. The minimum absolute atomic E-state index is 0.117. The van der Waals surface area contributed by atoms with Gasteiger partial charge in [0.05, 0.1) is 7.11 Å². The van der Waals surface area contributed by atoms with Gasteiger partial charge in [-0.05, 0) is 55.8 Å². The highest BCUT2D eigenvalue weighted by Crippen LogP contribution is 2.37. The van der Waals surface area contributed by atoms with Crippen LogP contribution in [-0.2, 0) is 4.79 Å². The third-order valence-electron chi connectivity index (χ3n) is 5.46. The Hall–Kier alpha value is -3.27. The summed E-state index contributed by atoms with van der Waals surface area (Å²) in [7, 11) is 5.41. The van der Waals surface area contributed by atoms with E-state index in [4.69, 9.17) is 4.74 Å². The van der Waals surface area contributed by atoms with E-state index in [2.05, 4.69) is 30.8 Å². The number of carbonyl (C=O) groups is 1. The molecule has 3 N–H and O–H groups in total. The zero-order valence-corrected chi connectivity index (χ0v) is 20.1. The summed E-state index contributed by atoms with van der Waals surface area (Å²) in [6.07, 6.45) is 4.25. The first-order chi connectivity index (χ1) is 15.9. The Kier molecular flexibility index (Phi) is 7.02. The lowest BCUT2D eigenvalue weighted by molar-refractivity contribution is -0.119. The largest absolute Gasteiger partial charge is 0.490 e.